The second kappa shape index (κ2) is 7.84. The lowest BCUT2D eigenvalue weighted by Gasteiger charge is -2.19. The molecule has 1 unspecified atom stereocenters. The molecule has 0 fully saturated rings. The van der Waals surface area contributed by atoms with E-state index in [0.29, 0.717) is 11.8 Å². The Labute approximate surface area is 127 Å². The fourth-order valence-electron chi connectivity index (χ4n) is 2.48. The van der Waals surface area contributed by atoms with Crippen LogP contribution in [0.2, 0.25) is 0 Å². The third-order valence-electron chi connectivity index (χ3n) is 3.81. The Morgan fingerprint density at radius 1 is 0.905 bits per heavy atom. The standard InChI is InChI=1S/C19H25NO/c1-3-13-20-19(14-16-7-11-18(21)12-8-16)17-9-5-15(4-2)6-10-17/h5-12,19-21H,3-4,13-14H2,1-2H3. The fraction of sp³-hybridized carbons (Fsp3) is 0.368. The van der Waals surface area contributed by atoms with Gasteiger partial charge in [-0.05, 0) is 54.6 Å². The van der Waals surface area contributed by atoms with Gasteiger partial charge < -0.3 is 10.4 Å². The summed E-state index contributed by atoms with van der Waals surface area (Å²) in [6.45, 7) is 5.38. The van der Waals surface area contributed by atoms with Crippen LogP contribution in [-0.4, -0.2) is 11.7 Å². The molecule has 0 heterocycles. The SMILES string of the molecule is CCCNC(Cc1ccc(O)cc1)c1ccc(CC)cc1. The lowest BCUT2D eigenvalue weighted by molar-refractivity contribution is 0.474. The third-order valence-corrected chi connectivity index (χ3v) is 3.81. The van der Waals surface area contributed by atoms with Gasteiger partial charge in [0.15, 0.2) is 0 Å². The molecular weight excluding hydrogens is 258 g/mol. The van der Waals surface area contributed by atoms with Gasteiger partial charge in [0.05, 0.1) is 0 Å². The average Bonchev–Trinajstić information content (AvgIpc) is 2.53. The van der Waals surface area contributed by atoms with Crippen LogP contribution in [0.4, 0.5) is 0 Å². The first-order valence-corrected chi connectivity index (χ1v) is 7.83. The number of hydrogen-bond donors (Lipinski definition) is 2. The molecule has 0 bridgehead atoms. The molecule has 0 radical (unpaired) electrons. The van der Waals surface area contributed by atoms with E-state index in [2.05, 4.69) is 43.4 Å². The summed E-state index contributed by atoms with van der Waals surface area (Å²) in [5.74, 6) is 0.323. The molecular formula is C19H25NO. The fourth-order valence-corrected chi connectivity index (χ4v) is 2.48. The molecule has 0 aliphatic rings. The van der Waals surface area contributed by atoms with Crippen molar-refractivity contribution < 1.29 is 5.11 Å². The molecule has 21 heavy (non-hydrogen) atoms. The van der Waals surface area contributed by atoms with Gasteiger partial charge in [0.2, 0.25) is 0 Å². The summed E-state index contributed by atoms with van der Waals surface area (Å²) < 4.78 is 0. The molecule has 0 saturated carbocycles. The van der Waals surface area contributed by atoms with Crippen molar-refractivity contribution in [1.29, 1.82) is 0 Å². The Morgan fingerprint density at radius 3 is 2.10 bits per heavy atom. The molecule has 2 nitrogen and oxygen atoms in total. The van der Waals surface area contributed by atoms with E-state index in [0.717, 1.165) is 25.8 Å². The zero-order valence-electron chi connectivity index (χ0n) is 13.0. The van der Waals surface area contributed by atoms with Crippen molar-refractivity contribution in [2.75, 3.05) is 6.54 Å². The van der Waals surface area contributed by atoms with Crippen LogP contribution in [0.3, 0.4) is 0 Å². The third kappa shape index (κ3) is 4.61. The Morgan fingerprint density at radius 2 is 1.52 bits per heavy atom. The van der Waals surface area contributed by atoms with Crippen molar-refractivity contribution in [3.8, 4) is 5.75 Å². The number of hydrogen-bond acceptors (Lipinski definition) is 2. The number of aromatic hydroxyl groups is 1. The first-order chi connectivity index (χ1) is 10.2. The average molecular weight is 283 g/mol. The monoisotopic (exact) mass is 283 g/mol. The zero-order valence-corrected chi connectivity index (χ0v) is 13.0. The van der Waals surface area contributed by atoms with Gasteiger partial charge in [-0.1, -0.05) is 50.2 Å². The minimum Gasteiger partial charge on any atom is -0.508 e. The van der Waals surface area contributed by atoms with Gasteiger partial charge in [0.25, 0.3) is 0 Å². The highest BCUT2D eigenvalue weighted by atomic mass is 16.3. The number of rotatable bonds is 7. The maximum atomic E-state index is 9.39. The van der Waals surface area contributed by atoms with Gasteiger partial charge in [0, 0.05) is 6.04 Å². The van der Waals surface area contributed by atoms with Crippen molar-refractivity contribution >= 4 is 0 Å². The molecule has 0 aromatic heterocycles. The van der Waals surface area contributed by atoms with Gasteiger partial charge >= 0.3 is 0 Å². The number of benzene rings is 2. The molecule has 0 aliphatic carbocycles. The first kappa shape index (κ1) is 15.6. The molecule has 2 rings (SSSR count). The highest BCUT2D eigenvalue weighted by Crippen LogP contribution is 2.21. The van der Waals surface area contributed by atoms with Crippen LogP contribution >= 0.6 is 0 Å². The second-order valence-electron chi connectivity index (χ2n) is 5.47. The van der Waals surface area contributed by atoms with Crippen molar-refractivity contribution in [3.05, 3.63) is 65.2 Å². The summed E-state index contributed by atoms with van der Waals surface area (Å²) in [7, 11) is 0. The highest BCUT2D eigenvalue weighted by molar-refractivity contribution is 5.30. The van der Waals surface area contributed by atoms with Crippen molar-refractivity contribution in [3.63, 3.8) is 0 Å². The van der Waals surface area contributed by atoms with E-state index in [9.17, 15) is 5.11 Å². The van der Waals surface area contributed by atoms with Crippen LogP contribution in [0.15, 0.2) is 48.5 Å². The molecule has 2 aromatic carbocycles. The van der Waals surface area contributed by atoms with Crippen molar-refractivity contribution in [2.45, 2.75) is 39.2 Å². The van der Waals surface area contributed by atoms with Gasteiger partial charge in [-0.15, -0.1) is 0 Å². The van der Waals surface area contributed by atoms with E-state index in [1.54, 1.807) is 12.1 Å². The lowest BCUT2D eigenvalue weighted by atomic mass is 9.97. The molecule has 2 aromatic rings. The molecule has 0 saturated heterocycles. The van der Waals surface area contributed by atoms with Crippen LogP contribution < -0.4 is 5.32 Å². The largest absolute Gasteiger partial charge is 0.508 e. The minimum atomic E-state index is 0.320. The maximum absolute atomic E-state index is 9.39. The van der Waals surface area contributed by atoms with Gasteiger partial charge in [-0.25, -0.2) is 0 Å². The van der Waals surface area contributed by atoms with Crippen LogP contribution in [0, 0.1) is 0 Å². The van der Waals surface area contributed by atoms with Crippen molar-refractivity contribution in [2.24, 2.45) is 0 Å². The number of phenols is 1. The summed E-state index contributed by atoms with van der Waals surface area (Å²) in [4.78, 5) is 0. The summed E-state index contributed by atoms with van der Waals surface area (Å²) in [5.41, 5.74) is 3.94. The van der Waals surface area contributed by atoms with Crippen molar-refractivity contribution in [1.82, 2.24) is 5.32 Å². The molecule has 0 aliphatic heterocycles. The summed E-state index contributed by atoms with van der Waals surface area (Å²) in [5, 5.41) is 13.0. The molecule has 112 valence electrons. The molecule has 2 N–H and O–H groups in total. The minimum absolute atomic E-state index is 0.320. The van der Waals surface area contributed by atoms with Crippen LogP contribution in [0.1, 0.15) is 43.0 Å². The van der Waals surface area contributed by atoms with E-state index in [4.69, 9.17) is 0 Å². The van der Waals surface area contributed by atoms with E-state index in [1.165, 1.54) is 16.7 Å². The molecule has 1 atom stereocenters. The number of aryl methyl sites for hydroxylation is 1. The normalized spacial score (nSPS) is 12.3. The van der Waals surface area contributed by atoms with Crippen LogP contribution in [-0.2, 0) is 12.8 Å². The Bertz CT molecular complexity index is 530. The lowest BCUT2D eigenvalue weighted by Crippen LogP contribution is -2.24. The Balaban J connectivity index is 2.14. The zero-order chi connectivity index (χ0) is 15.1. The maximum Gasteiger partial charge on any atom is 0.115 e. The van der Waals surface area contributed by atoms with Crippen LogP contribution in [0.5, 0.6) is 5.75 Å². The van der Waals surface area contributed by atoms with E-state index in [1.807, 2.05) is 12.1 Å². The summed E-state index contributed by atoms with van der Waals surface area (Å²) >= 11 is 0. The van der Waals surface area contributed by atoms with E-state index < -0.39 is 0 Å². The van der Waals surface area contributed by atoms with E-state index >= 15 is 0 Å². The van der Waals surface area contributed by atoms with Gasteiger partial charge in [-0.3, -0.25) is 0 Å². The Hall–Kier alpha value is -1.80. The van der Waals surface area contributed by atoms with Gasteiger partial charge in [0.1, 0.15) is 5.75 Å². The quantitative estimate of drug-likeness (QED) is 0.796. The predicted molar refractivity (Wildman–Crippen MR) is 88.7 cm³/mol. The number of nitrogens with one attached hydrogen (secondary N) is 1. The van der Waals surface area contributed by atoms with Gasteiger partial charge in [-0.2, -0.15) is 0 Å². The predicted octanol–water partition coefficient (Wildman–Crippen LogP) is 4.24. The molecule has 2 heteroatoms. The topological polar surface area (TPSA) is 32.3 Å². The smallest absolute Gasteiger partial charge is 0.115 e. The summed E-state index contributed by atoms with van der Waals surface area (Å²) in [6, 6.07) is 16.7. The Kier molecular flexibility index (Phi) is 5.82. The molecule has 0 spiro atoms. The van der Waals surface area contributed by atoms with E-state index in [-0.39, 0.29) is 0 Å². The highest BCUT2D eigenvalue weighted by Gasteiger charge is 2.11. The summed E-state index contributed by atoms with van der Waals surface area (Å²) in [6.07, 6.45) is 3.14. The number of phenolic OH excluding ortho intramolecular Hbond substituents is 1. The van der Waals surface area contributed by atoms with Crippen LogP contribution in [0.25, 0.3) is 0 Å². The second-order valence-corrected chi connectivity index (χ2v) is 5.47. The first-order valence-electron chi connectivity index (χ1n) is 7.83. The molecule has 0 amide bonds.